The van der Waals surface area contributed by atoms with Gasteiger partial charge in [-0.3, -0.25) is 9.59 Å². The molecule has 1 atom stereocenters. The number of amides is 1. The largest absolute Gasteiger partial charge is 0.466 e. The smallest absolute Gasteiger partial charge is 0.307 e. The molecular formula is C14H16Cl2N2O5S. The van der Waals surface area contributed by atoms with Crippen LogP contribution >= 0.6 is 23.2 Å². The summed E-state index contributed by atoms with van der Waals surface area (Å²) in [5.74, 6) is -1.19. The second-order valence-corrected chi connectivity index (χ2v) is 7.71. The predicted octanol–water partition coefficient (Wildman–Crippen LogP) is 1.44. The Labute approximate surface area is 149 Å². The van der Waals surface area contributed by atoms with Gasteiger partial charge in [0.1, 0.15) is 6.04 Å². The van der Waals surface area contributed by atoms with E-state index in [1.807, 2.05) is 0 Å². The number of sulfonamides is 1. The Hall–Kier alpha value is -1.35. The fourth-order valence-electron chi connectivity index (χ4n) is 2.33. The fraction of sp³-hybridized carbons (Fsp3) is 0.429. The zero-order valence-electron chi connectivity index (χ0n) is 12.8. The summed E-state index contributed by atoms with van der Waals surface area (Å²) in [4.78, 5) is 23.7. The second kappa shape index (κ2) is 7.69. The average Bonchev–Trinajstić information content (AvgIpc) is 2.52. The van der Waals surface area contributed by atoms with E-state index in [9.17, 15) is 18.0 Å². The Morgan fingerprint density at radius 1 is 1.38 bits per heavy atom. The highest BCUT2D eigenvalue weighted by molar-refractivity contribution is 7.89. The molecule has 132 valence electrons. The Morgan fingerprint density at radius 2 is 2.08 bits per heavy atom. The maximum absolute atomic E-state index is 12.8. The van der Waals surface area contributed by atoms with Gasteiger partial charge in [-0.05, 0) is 25.1 Å². The molecule has 1 saturated heterocycles. The molecule has 0 radical (unpaired) electrons. The number of ether oxygens (including phenoxy) is 1. The summed E-state index contributed by atoms with van der Waals surface area (Å²) in [6, 6.07) is 2.71. The Morgan fingerprint density at radius 3 is 2.71 bits per heavy atom. The minimum Gasteiger partial charge on any atom is -0.466 e. The van der Waals surface area contributed by atoms with Crippen LogP contribution in [0.25, 0.3) is 0 Å². The highest BCUT2D eigenvalue weighted by atomic mass is 35.5. The third kappa shape index (κ3) is 4.00. The number of rotatable bonds is 5. The van der Waals surface area contributed by atoms with E-state index in [2.05, 4.69) is 5.32 Å². The monoisotopic (exact) mass is 394 g/mol. The first kappa shape index (κ1) is 19.0. The molecule has 1 fully saturated rings. The van der Waals surface area contributed by atoms with Gasteiger partial charge >= 0.3 is 5.97 Å². The van der Waals surface area contributed by atoms with Crippen LogP contribution in [0.3, 0.4) is 0 Å². The normalized spacial score (nSPS) is 19.0. The third-order valence-electron chi connectivity index (χ3n) is 3.44. The summed E-state index contributed by atoms with van der Waals surface area (Å²) in [7, 11) is -4.02. The van der Waals surface area contributed by atoms with Gasteiger partial charge in [-0.1, -0.05) is 23.2 Å². The van der Waals surface area contributed by atoms with Crippen molar-refractivity contribution < 1.29 is 22.7 Å². The first-order chi connectivity index (χ1) is 11.3. The summed E-state index contributed by atoms with van der Waals surface area (Å²) < 4.78 is 31.5. The summed E-state index contributed by atoms with van der Waals surface area (Å²) >= 11 is 11.7. The topological polar surface area (TPSA) is 92.8 Å². The number of benzene rings is 1. The molecule has 1 heterocycles. The lowest BCUT2D eigenvalue weighted by atomic mass is 10.1. The minimum atomic E-state index is -4.02. The van der Waals surface area contributed by atoms with Crippen LogP contribution in [0.4, 0.5) is 0 Å². The number of hydrogen-bond donors (Lipinski definition) is 1. The summed E-state index contributed by atoms with van der Waals surface area (Å²) in [6.07, 6.45) is -0.361. The molecule has 1 aliphatic rings. The molecule has 7 nitrogen and oxygen atoms in total. The molecule has 0 saturated carbocycles. The highest BCUT2D eigenvalue weighted by Crippen LogP contribution is 2.28. The lowest BCUT2D eigenvalue weighted by molar-refractivity contribution is -0.146. The van der Waals surface area contributed by atoms with Gasteiger partial charge in [-0.15, -0.1) is 0 Å². The van der Waals surface area contributed by atoms with E-state index in [4.69, 9.17) is 27.9 Å². The molecule has 0 unspecified atom stereocenters. The standard InChI is InChI=1S/C14H16Cl2N2O5S/c1-2-23-13(19)8-12-14(20)17-5-6-18(12)24(21,22)9-3-4-10(15)11(16)7-9/h3-4,7,12H,2,5-6,8H2,1H3,(H,17,20)/t12-/m1/s1. The molecule has 24 heavy (non-hydrogen) atoms. The number of carbonyl (C=O) groups excluding carboxylic acids is 2. The van der Waals surface area contributed by atoms with E-state index in [1.54, 1.807) is 6.92 Å². The van der Waals surface area contributed by atoms with Gasteiger partial charge < -0.3 is 10.1 Å². The Bertz CT molecular complexity index is 754. The zero-order chi connectivity index (χ0) is 17.9. The number of hydrogen-bond acceptors (Lipinski definition) is 5. The summed E-state index contributed by atoms with van der Waals surface area (Å²) in [5, 5.41) is 2.86. The Balaban J connectivity index is 2.35. The quantitative estimate of drug-likeness (QED) is 0.762. The van der Waals surface area contributed by atoms with E-state index in [1.165, 1.54) is 18.2 Å². The number of nitrogens with zero attached hydrogens (tertiary/aromatic N) is 1. The van der Waals surface area contributed by atoms with Crippen LogP contribution in [0.15, 0.2) is 23.1 Å². The molecule has 1 N–H and O–H groups in total. The highest BCUT2D eigenvalue weighted by Gasteiger charge is 2.40. The van der Waals surface area contributed by atoms with E-state index in [-0.39, 0.29) is 41.1 Å². The van der Waals surface area contributed by atoms with Gasteiger partial charge in [-0.25, -0.2) is 8.42 Å². The van der Waals surface area contributed by atoms with Crippen molar-refractivity contribution in [1.29, 1.82) is 0 Å². The Kier molecular flexibility index (Phi) is 6.08. The molecular weight excluding hydrogens is 379 g/mol. The number of piperazine rings is 1. The van der Waals surface area contributed by atoms with Crippen LogP contribution in [0.5, 0.6) is 0 Å². The molecule has 2 rings (SSSR count). The maximum Gasteiger partial charge on any atom is 0.307 e. The van der Waals surface area contributed by atoms with Crippen LogP contribution in [0.2, 0.25) is 10.0 Å². The van der Waals surface area contributed by atoms with Crippen molar-refractivity contribution in [2.45, 2.75) is 24.3 Å². The lowest BCUT2D eigenvalue weighted by Gasteiger charge is -2.33. The molecule has 1 aromatic rings. The van der Waals surface area contributed by atoms with Crippen molar-refractivity contribution in [3.05, 3.63) is 28.2 Å². The van der Waals surface area contributed by atoms with E-state index in [0.717, 1.165) is 4.31 Å². The summed E-state index contributed by atoms with van der Waals surface area (Å²) in [5.41, 5.74) is 0. The molecule has 0 bridgehead atoms. The van der Waals surface area contributed by atoms with Crippen molar-refractivity contribution in [3.63, 3.8) is 0 Å². The number of carbonyl (C=O) groups is 2. The molecule has 1 aromatic carbocycles. The lowest BCUT2D eigenvalue weighted by Crippen LogP contribution is -2.57. The second-order valence-electron chi connectivity index (χ2n) is 5.01. The van der Waals surface area contributed by atoms with Crippen molar-refractivity contribution in [3.8, 4) is 0 Å². The molecule has 1 amide bonds. The fourth-order valence-corrected chi connectivity index (χ4v) is 4.30. The van der Waals surface area contributed by atoms with Crippen molar-refractivity contribution in [2.75, 3.05) is 19.7 Å². The van der Waals surface area contributed by atoms with Crippen molar-refractivity contribution in [2.24, 2.45) is 0 Å². The van der Waals surface area contributed by atoms with Gasteiger partial charge in [-0.2, -0.15) is 4.31 Å². The molecule has 0 aliphatic carbocycles. The minimum absolute atomic E-state index is 0.0401. The van der Waals surface area contributed by atoms with Crippen LogP contribution < -0.4 is 5.32 Å². The van der Waals surface area contributed by atoms with E-state index >= 15 is 0 Å². The SMILES string of the molecule is CCOC(=O)C[C@@H]1C(=O)NCCN1S(=O)(=O)c1ccc(Cl)c(Cl)c1. The third-order valence-corrected chi connectivity index (χ3v) is 6.09. The zero-order valence-corrected chi connectivity index (χ0v) is 15.1. The summed E-state index contributed by atoms with van der Waals surface area (Å²) in [6.45, 7) is 1.97. The van der Waals surface area contributed by atoms with Crippen molar-refractivity contribution >= 4 is 45.1 Å². The van der Waals surface area contributed by atoms with Gasteiger partial charge in [0.2, 0.25) is 15.9 Å². The van der Waals surface area contributed by atoms with Crippen LogP contribution in [-0.2, 0) is 24.3 Å². The molecule has 0 aromatic heterocycles. The average molecular weight is 395 g/mol. The molecule has 1 aliphatic heterocycles. The predicted molar refractivity (Wildman–Crippen MR) is 88.4 cm³/mol. The number of esters is 1. The number of nitrogens with one attached hydrogen (secondary N) is 1. The van der Waals surface area contributed by atoms with Gasteiger partial charge in [0.05, 0.1) is 28.0 Å². The maximum atomic E-state index is 12.8. The van der Waals surface area contributed by atoms with Crippen LogP contribution in [0, 0.1) is 0 Å². The molecule has 0 spiro atoms. The van der Waals surface area contributed by atoms with E-state index < -0.39 is 27.9 Å². The van der Waals surface area contributed by atoms with Gasteiger partial charge in [0, 0.05) is 13.1 Å². The number of halogens is 2. The first-order valence-corrected chi connectivity index (χ1v) is 9.37. The first-order valence-electron chi connectivity index (χ1n) is 7.17. The van der Waals surface area contributed by atoms with Crippen LogP contribution in [-0.4, -0.2) is 50.3 Å². The molecule has 10 heteroatoms. The van der Waals surface area contributed by atoms with Crippen LogP contribution in [0.1, 0.15) is 13.3 Å². The van der Waals surface area contributed by atoms with Gasteiger partial charge in [0.25, 0.3) is 0 Å². The van der Waals surface area contributed by atoms with E-state index in [0.29, 0.717) is 0 Å². The van der Waals surface area contributed by atoms with Gasteiger partial charge in [0.15, 0.2) is 0 Å². The van der Waals surface area contributed by atoms with Crippen molar-refractivity contribution in [1.82, 2.24) is 9.62 Å².